The first-order chi connectivity index (χ1) is 6.36. The molecule has 1 aliphatic rings. The fourth-order valence-electron chi connectivity index (χ4n) is 1.98. The van der Waals surface area contributed by atoms with Gasteiger partial charge in [-0.15, -0.1) is 0 Å². The van der Waals surface area contributed by atoms with Gasteiger partial charge < -0.3 is 5.32 Å². The van der Waals surface area contributed by atoms with E-state index in [0.29, 0.717) is 0 Å². The van der Waals surface area contributed by atoms with Crippen LogP contribution in [0.15, 0.2) is 12.3 Å². The maximum absolute atomic E-state index is 4.18. The Morgan fingerprint density at radius 2 is 2.31 bits per heavy atom. The Bertz CT molecular complexity index is 261. The van der Waals surface area contributed by atoms with E-state index in [4.69, 9.17) is 0 Å². The van der Waals surface area contributed by atoms with Crippen LogP contribution in [0.4, 0.5) is 0 Å². The van der Waals surface area contributed by atoms with E-state index >= 15 is 0 Å². The Kier molecular flexibility index (Phi) is 2.64. The normalized spacial score (nSPS) is 19.2. The maximum atomic E-state index is 4.18. The minimum absolute atomic E-state index is 0.858. The molecule has 72 valence electrons. The molecular weight excluding hydrogens is 162 g/mol. The van der Waals surface area contributed by atoms with Crippen LogP contribution in [0.3, 0.4) is 0 Å². The van der Waals surface area contributed by atoms with Gasteiger partial charge in [0.15, 0.2) is 0 Å². The first-order valence-electron chi connectivity index (χ1n) is 5.04. The van der Waals surface area contributed by atoms with Gasteiger partial charge in [0.25, 0.3) is 0 Å². The van der Waals surface area contributed by atoms with Gasteiger partial charge in [-0.1, -0.05) is 0 Å². The molecule has 2 heterocycles. The second-order valence-corrected chi connectivity index (χ2v) is 3.84. The van der Waals surface area contributed by atoms with Gasteiger partial charge in [0.2, 0.25) is 0 Å². The summed E-state index contributed by atoms with van der Waals surface area (Å²) in [5, 5.41) is 7.57. The molecule has 0 aliphatic carbocycles. The summed E-state index contributed by atoms with van der Waals surface area (Å²) in [5.74, 6) is 0.858. The van der Waals surface area contributed by atoms with Crippen molar-refractivity contribution in [2.75, 3.05) is 13.1 Å². The van der Waals surface area contributed by atoms with E-state index in [2.05, 4.69) is 16.5 Å². The number of hydrogen-bond donors (Lipinski definition) is 1. The summed E-state index contributed by atoms with van der Waals surface area (Å²) in [6.07, 6.45) is 5.70. The van der Waals surface area contributed by atoms with Gasteiger partial charge in [-0.25, -0.2) is 0 Å². The average Bonchev–Trinajstić information content (AvgIpc) is 2.54. The van der Waals surface area contributed by atoms with Gasteiger partial charge in [-0.2, -0.15) is 5.10 Å². The molecule has 0 atom stereocenters. The van der Waals surface area contributed by atoms with Crippen LogP contribution in [-0.2, 0) is 13.5 Å². The lowest BCUT2D eigenvalue weighted by Gasteiger charge is -2.22. The quantitative estimate of drug-likeness (QED) is 0.733. The van der Waals surface area contributed by atoms with Gasteiger partial charge >= 0.3 is 0 Å². The van der Waals surface area contributed by atoms with Crippen LogP contribution in [0.1, 0.15) is 18.5 Å². The molecule has 0 amide bonds. The Balaban J connectivity index is 1.93. The van der Waals surface area contributed by atoms with Crippen molar-refractivity contribution in [2.24, 2.45) is 13.0 Å². The highest BCUT2D eigenvalue weighted by atomic mass is 15.2. The summed E-state index contributed by atoms with van der Waals surface area (Å²) < 4.78 is 1.99. The SMILES string of the molecule is Cn1nccc1CC1CCNCC1. The number of aromatic nitrogens is 2. The van der Waals surface area contributed by atoms with Crippen molar-refractivity contribution in [2.45, 2.75) is 19.3 Å². The molecule has 0 spiro atoms. The number of hydrogen-bond acceptors (Lipinski definition) is 2. The summed E-state index contributed by atoms with van der Waals surface area (Å²) >= 11 is 0. The molecule has 1 aromatic rings. The average molecular weight is 179 g/mol. The molecule has 1 aliphatic heterocycles. The fourth-order valence-corrected chi connectivity index (χ4v) is 1.98. The van der Waals surface area contributed by atoms with Gasteiger partial charge in [0.1, 0.15) is 0 Å². The highest BCUT2D eigenvalue weighted by Gasteiger charge is 2.14. The zero-order valence-electron chi connectivity index (χ0n) is 8.16. The summed E-state index contributed by atoms with van der Waals surface area (Å²) in [4.78, 5) is 0. The number of nitrogens with one attached hydrogen (secondary N) is 1. The second-order valence-electron chi connectivity index (χ2n) is 3.84. The molecule has 0 radical (unpaired) electrons. The molecular formula is C10H17N3. The number of piperidine rings is 1. The molecule has 1 N–H and O–H groups in total. The van der Waals surface area contributed by atoms with E-state index in [0.717, 1.165) is 5.92 Å². The Labute approximate surface area is 79.1 Å². The molecule has 1 fully saturated rings. The molecule has 3 nitrogen and oxygen atoms in total. The van der Waals surface area contributed by atoms with Crippen LogP contribution >= 0.6 is 0 Å². The van der Waals surface area contributed by atoms with Crippen molar-refractivity contribution in [3.05, 3.63) is 18.0 Å². The second kappa shape index (κ2) is 3.92. The largest absolute Gasteiger partial charge is 0.317 e. The number of rotatable bonds is 2. The van der Waals surface area contributed by atoms with Crippen molar-refractivity contribution in [1.29, 1.82) is 0 Å². The number of nitrogens with zero attached hydrogens (tertiary/aromatic N) is 2. The third kappa shape index (κ3) is 2.10. The van der Waals surface area contributed by atoms with Gasteiger partial charge in [0.05, 0.1) is 0 Å². The molecule has 13 heavy (non-hydrogen) atoms. The fraction of sp³-hybridized carbons (Fsp3) is 0.700. The molecule has 1 aromatic heterocycles. The van der Waals surface area contributed by atoms with Gasteiger partial charge in [0, 0.05) is 18.9 Å². The lowest BCUT2D eigenvalue weighted by molar-refractivity contribution is 0.366. The third-order valence-corrected chi connectivity index (χ3v) is 2.88. The Morgan fingerprint density at radius 3 is 2.92 bits per heavy atom. The summed E-state index contributed by atoms with van der Waals surface area (Å²) in [5.41, 5.74) is 1.37. The molecule has 1 saturated heterocycles. The Hall–Kier alpha value is -0.830. The van der Waals surface area contributed by atoms with Crippen molar-refractivity contribution in [3.8, 4) is 0 Å². The lowest BCUT2D eigenvalue weighted by Crippen LogP contribution is -2.29. The van der Waals surface area contributed by atoms with Gasteiger partial charge in [-0.3, -0.25) is 4.68 Å². The van der Waals surface area contributed by atoms with E-state index in [1.165, 1.54) is 38.0 Å². The van der Waals surface area contributed by atoms with Crippen LogP contribution < -0.4 is 5.32 Å². The highest BCUT2D eigenvalue weighted by Crippen LogP contribution is 2.16. The molecule has 2 rings (SSSR count). The van der Waals surface area contributed by atoms with E-state index in [9.17, 15) is 0 Å². The summed E-state index contributed by atoms with van der Waals surface area (Å²) in [6.45, 7) is 2.37. The standard InChI is InChI=1S/C10H17N3/c1-13-10(4-7-12-13)8-9-2-5-11-6-3-9/h4,7,9,11H,2-3,5-6,8H2,1H3. The van der Waals surface area contributed by atoms with E-state index in [-0.39, 0.29) is 0 Å². The lowest BCUT2D eigenvalue weighted by atomic mass is 9.93. The minimum Gasteiger partial charge on any atom is -0.317 e. The first-order valence-corrected chi connectivity index (χ1v) is 5.04. The van der Waals surface area contributed by atoms with Crippen LogP contribution in [-0.4, -0.2) is 22.9 Å². The third-order valence-electron chi connectivity index (χ3n) is 2.88. The zero-order chi connectivity index (χ0) is 9.10. The van der Waals surface area contributed by atoms with E-state index < -0.39 is 0 Å². The predicted octanol–water partition coefficient (Wildman–Crippen LogP) is 0.962. The van der Waals surface area contributed by atoms with Crippen molar-refractivity contribution in [3.63, 3.8) is 0 Å². The van der Waals surface area contributed by atoms with Crippen molar-refractivity contribution >= 4 is 0 Å². The zero-order valence-corrected chi connectivity index (χ0v) is 8.16. The van der Waals surface area contributed by atoms with Crippen molar-refractivity contribution in [1.82, 2.24) is 15.1 Å². The van der Waals surface area contributed by atoms with Crippen LogP contribution in [0, 0.1) is 5.92 Å². The molecule has 0 bridgehead atoms. The molecule has 0 unspecified atom stereocenters. The summed E-state index contributed by atoms with van der Waals surface area (Å²) in [7, 11) is 2.02. The van der Waals surface area contributed by atoms with E-state index in [1.807, 2.05) is 17.9 Å². The summed E-state index contributed by atoms with van der Waals surface area (Å²) in [6, 6.07) is 2.13. The van der Waals surface area contributed by atoms with Crippen molar-refractivity contribution < 1.29 is 0 Å². The topological polar surface area (TPSA) is 29.9 Å². The molecule has 3 heteroatoms. The minimum atomic E-state index is 0.858. The van der Waals surface area contributed by atoms with Crippen LogP contribution in [0.25, 0.3) is 0 Å². The maximum Gasteiger partial charge on any atom is 0.0492 e. The Morgan fingerprint density at radius 1 is 1.54 bits per heavy atom. The molecule has 0 saturated carbocycles. The monoisotopic (exact) mass is 179 g/mol. The molecule has 0 aromatic carbocycles. The first kappa shape index (κ1) is 8.75. The van der Waals surface area contributed by atoms with Crippen LogP contribution in [0.5, 0.6) is 0 Å². The van der Waals surface area contributed by atoms with Gasteiger partial charge in [-0.05, 0) is 44.3 Å². The predicted molar refractivity (Wildman–Crippen MR) is 52.5 cm³/mol. The highest BCUT2D eigenvalue weighted by molar-refractivity contribution is 5.01. The van der Waals surface area contributed by atoms with Crippen LogP contribution in [0.2, 0.25) is 0 Å². The number of aryl methyl sites for hydroxylation is 1. The smallest absolute Gasteiger partial charge is 0.0492 e. The van der Waals surface area contributed by atoms with E-state index in [1.54, 1.807) is 0 Å².